The van der Waals surface area contributed by atoms with E-state index in [2.05, 4.69) is 53.0 Å². The molecule has 3 unspecified atom stereocenters. The van der Waals surface area contributed by atoms with Gasteiger partial charge in [-0.25, -0.2) is 0 Å². The van der Waals surface area contributed by atoms with Crippen molar-refractivity contribution in [2.75, 3.05) is 34.5 Å². The van der Waals surface area contributed by atoms with E-state index in [1.807, 2.05) is 10.8 Å². The normalized spacial score (nSPS) is 29.8. The van der Waals surface area contributed by atoms with Gasteiger partial charge >= 0.3 is 0 Å². The predicted octanol–water partition coefficient (Wildman–Crippen LogP) is 4.36. The maximum atomic E-state index is 2.42. The molecule has 0 N–H and O–H groups in total. The second kappa shape index (κ2) is 8.03. The van der Waals surface area contributed by atoms with Gasteiger partial charge in [0.15, 0.2) is 0 Å². The second-order valence-electron chi connectivity index (χ2n) is 4.46. The minimum Gasteiger partial charge on any atom is -0.161 e. The Bertz CT molecular complexity index is 191. The first-order chi connectivity index (χ1) is 7.84. The van der Waals surface area contributed by atoms with Crippen LogP contribution in [0.4, 0.5) is 0 Å². The SMILES string of the molecule is CC(CCSCC1CS1)CSCC1CSS1. The summed E-state index contributed by atoms with van der Waals surface area (Å²) in [6.45, 7) is 2.42. The summed E-state index contributed by atoms with van der Waals surface area (Å²) in [6.07, 6.45) is 1.42. The van der Waals surface area contributed by atoms with Crippen LogP contribution in [0, 0.1) is 5.92 Å². The van der Waals surface area contributed by atoms with E-state index >= 15 is 0 Å². The molecular formula is C11H20S5. The third-order valence-electron chi connectivity index (χ3n) is 2.63. The average molecular weight is 313 g/mol. The highest BCUT2D eigenvalue weighted by atomic mass is 33.1. The van der Waals surface area contributed by atoms with E-state index in [0.717, 1.165) is 16.4 Å². The Morgan fingerprint density at radius 2 is 1.94 bits per heavy atom. The summed E-state index contributed by atoms with van der Waals surface area (Å²) < 4.78 is 0. The lowest BCUT2D eigenvalue weighted by molar-refractivity contribution is 0.643. The minimum absolute atomic E-state index is 0.919. The summed E-state index contributed by atoms with van der Waals surface area (Å²) in [5.41, 5.74) is 0. The lowest BCUT2D eigenvalue weighted by Crippen LogP contribution is -2.16. The Balaban J connectivity index is 1.36. The quantitative estimate of drug-likeness (QED) is 0.351. The van der Waals surface area contributed by atoms with E-state index in [9.17, 15) is 0 Å². The molecule has 0 bridgehead atoms. The largest absolute Gasteiger partial charge is 0.161 e. The molecular weight excluding hydrogens is 292 g/mol. The van der Waals surface area contributed by atoms with Crippen LogP contribution in [-0.2, 0) is 0 Å². The fourth-order valence-corrected chi connectivity index (χ4v) is 7.26. The smallest absolute Gasteiger partial charge is 0.0340 e. The van der Waals surface area contributed by atoms with Crippen LogP contribution in [0.1, 0.15) is 13.3 Å². The summed E-state index contributed by atoms with van der Waals surface area (Å²) in [5.74, 6) is 9.28. The van der Waals surface area contributed by atoms with Gasteiger partial charge in [-0.05, 0) is 23.8 Å². The predicted molar refractivity (Wildman–Crippen MR) is 88.5 cm³/mol. The molecule has 0 aliphatic carbocycles. The standard InChI is InChI=1S/C11H20S5/c1-9(2-3-12-5-10-7-14-10)4-13-6-11-8-15-16-11/h9-11H,2-8H2,1H3. The molecule has 2 rings (SSSR count). The van der Waals surface area contributed by atoms with Crippen molar-refractivity contribution in [1.29, 1.82) is 0 Å². The second-order valence-corrected chi connectivity index (χ2v) is 10.7. The van der Waals surface area contributed by atoms with Crippen molar-refractivity contribution in [2.24, 2.45) is 5.92 Å². The van der Waals surface area contributed by atoms with Gasteiger partial charge in [-0.15, -0.1) is 0 Å². The Hall–Kier alpha value is 1.75. The molecule has 0 saturated carbocycles. The number of rotatable bonds is 9. The van der Waals surface area contributed by atoms with Crippen molar-refractivity contribution in [3.8, 4) is 0 Å². The van der Waals surface area contributed by atoms with Crippen LogP contribution >= 0.6 is 56.9 Å². The highest BCUT2D eigenvalue weighted by molar-refractivity contribution is 8.79. The molecule has 0 aromatic carbocycles. The van der Waals surface area contributed by atoms with E-state index < -0.39 is 0 Å². The van der Waals surface area contributed by atoms with Crippen molar-refractivity contribution < 1.29 is 0 Å². The fourth-order valence-electron chi connectivity index (χ4n) is 1.39. The van der Waals surface area contributed by atoms with Crippen LogP contribution in [-0.4, -0.2) is 45.0 Å². The van der Waals surface area contributed by atoms with Crippen LogP contribution in [0.15, 0.2) is 0 Å². The molecule has 16 heavy (non-hydrogen) atoms. The zero-order valence-electron chi connectivity index (χ0n) is 9.72. The lowest BCUT2D eigenvalue weighted by Gasteiger charge is -2.23. The van der Waals surface area contributed by atoms with Gasteiger partial charge in [-0.3, -0.25) is 0 Å². The maximum Gasteiger partial charge on any atom is 0.0340 e. The molecule has 0 amide bonds. The van der Waals surface area contributed by atoms with Gasteiger partial charge in [0.2, 0.25) is 0 Å². The van der Waals surface area contributed by atoms with E-state index in [1.54, 1.807) is 0 Å². The summed E-state index contributed by atoms with van der Waals surface area (Å²) in [4.78, 5) is 0. The monoisotopic (exact) mass is 312 g/mol. The third kappa shape index (κ3) is 6.07. The highest BCUT2D eigenvalue weighted by Crippen LogP contribution is 2.42. The summed E-state index contributed by atoms with van der Waals surface area (Å²) in [7, 11) is 4.11. The molecule has 0 radical (unpaired) electrons. The van der Waals surface area contributed by atoms with Crippen molar-refractivity contribution in [2.45, 2.75) is 23.8 Å². The summed E-state index contributed by atoms with van der Waals surface area (Å²) >= 11 is 6.47. The molecule has 0 nitrogen and oxygen atoms in total. The van der Waals surface area contributed by atoms with Gasteiger partial charge in [0.25, 0.3) is 0 Å². The number of hydrogen-bond acceptors (Lipinski definition) is 5. The molecule has 0 aromatic rings. The van der Waals surface area contributed by atoms with E-state index in [-0.39, 0.29) is 0 Å². The van der Waals surface area contributed by atoms with E-state index in [1.165, 1.54) is 40.9 Å². The molecule has 94 valence electrons. The van der Waals surface area contributed by atoms with Gasteiger partial charge < -0.3 is 0 Å². The van der Waals surface area contributed by atoms with Crippen LogP contribution in [0.3, 0.4) is 0 Å². The highest BCUT2D eigenvalue weighted by Gasteiger charge is 2.22. The van der Waals surface area contributed by atoms with Crippen LogP contribution in [0.25, 0.3) is 0 Å². The summed E-state index contributed by atoms with van der Waals surface area (Å²) in [5, 5.41) is 1.98. The topological polar surface area (TPSA) is 0 Å². The molecule has 2 saturated heterocycles. The molecule has 2 fully saturated rings. The number of hydrogen-bond donors (Lipinski definition) is 0. The van der Waals surface area contributed by atoms with E-state index in [4.69, 9.17) is 0 Å². The van der Waals surface area contributed by atoms with Gasteiger partial charge in [0.1, 0.15) is 0 Å². The van der Waals surface area contributed by atoms with Gasteiger partial charge in [0, 0.05) is 33.5 Å². The van der Waals surface area contributed by atoms with Gasteiger partial charge in [-0.1, -0.05) is 28.5 Å². The molecule has 2 aliphatic heterocycles. The fraction of sp³-hybridized carbons (Fsp3) is 1.00. The first-order valence-corrected chi connectivity index (χ1v) is 11.6. The average Bonchev–Trinajstić information content (AvgIpc) is 3.00. The molecule has 0 aromatic heterocycles. The zero-order chi connectivity index (χ0) is 11.2. The van der Waals surface area contributed by atoms with E-state index in [0.29, 0.717) is 0 Å². The Morgan fingerprint density at radius 3 is 2.56 bits per heavy atom. The zero-order valence-corrected chi connectivity index (χ0v) is 13.8. The Morgan fingerprint density at radius 1 is 1.19 bits per heavy atom. The van der Waals surface area contributed by atoms with Crippen LogP contribution in [0.2, 0.25) is 0 Å². The number of thioether (sulfide) groups is 3. The first-order valence-electron chi connectivity index (χ1n) is 5.90. The van der Waals surface area contributed by atoms with Gasteiger partial charge in [-0.2, -0.15) is 35.3 Å². The molecule has 5 heteroatoms. The van der Waals surface area contributed by atoms with Crippen molar-refractivity contribution in [1.82, 2.24) is 0 Å². The Labute approximate surface area is 120 Å². The van der Waals surface area contributed by atoms with Crippen molar-refractivity contribution in [3.05, 3.63) is 0 Å². The van der Waals surface area contributed by atoms with Crippen LogP contribution in [0.5, 0.6) is 0 Å². The molecule has 2 heterocycles. The maximum absolute atomic E-state index is 2.42. The minimum atomic E-state index is 0.919. The third-order valence-corrected chi connectivity index (χ3v) is 9.75. The van der Waals surface area contributed by atoms with Crippen molar-refractivity contribution >= 4 is 56.9 Å². The summed E-state index contributed by atoms with van der Waals surface area (Å²) in [6, 6.07) is 0. The van der Waals surface area contributed by atoms with Crippen LogP contribution < -0.4 is 0 Å². The molecule has 0 spiro atoms. The molecule has 2 aliphatic rings. The Kier molecular flexibility index (Phi) is 7.11. The first kappa shape index (κ1) is 14.2. The molecule has 3 atom stereocenters. The van der Waals surface area contributed by atoms with Gasteiger partial charge in [0.05, 0.1) is 0 Å². The lowest BCUT2D eigenvalue weighted by atomic mass is 10.2. The van der Waals surface area contributed by atoms with Crippen molar-refractivity contribution in [3.63, 3.8) is 0 Å².